The molecule has 0 aliphatic heterocycles. The van der Waals surface area contributed by atoms with Crippen molar-refractivity contribution in [2.75, 3.05) is 5.32 Å². The number of hydrogen-bond donors (Lipinski definition) is 4. The van der Waals surface area contributed by atoms with Gasteiger partial charge < -0.3 is 15.3 Å². The number of hydrogen-bond acceptors (Lipinski definition) is 3. The Bertz CT molecular complexity index is 310. The maximum Gasteiger partial charge on any atom is 0.409 e. The zero-order valence-electron chi connectivity index (χ0n) is 5.98. The third kappa shape index (κ3) is 1.57. The fourth-order valence-electron chi connectivity index (χ4n) is 0.747. The summed E-state index contributed by atoms with van der Waals surface area (Å²) in [6.07, 6.45) is -1.30. The fraction of sp³-hybridized carbons (Fsp3) is 0. The van der Waals surface area contributed by atoms with Crippen LogP contribution in [0.3, 0.4) is 0 Å². The van der Waals surface area contributed by atoms with Crippen molar-refractivity contribution >= 4 is 11.8 Å². The molecule has 0 saturated carbocycles. The smallest absolute Gasteiger partial charge is 0.409 e. The van der Waals surface area contributed by atoms with Crippen molar-refractivity contribution in [3.8, 4) is 11.5 Å². The van der Waals surface area contributed by atoms with Crippen LogP contribution in [0.15, 0.2) is 18.2 Å². The first kappa shape index (κ1) is 8.19. The molecule has 0 spiro atoms. The summed E-state index contributed by atoms with van der Waals surface area (Å²) in [4.78, 5) is 10.1. The van der Waals surface area contributed by atoms with E-state index in [1.165, 1.54) is 18.2 Å². The van der Waals surface area contributed by atoms with E-state index < -0.39 is 11.8 Å². The first-order valence-corrected chi connectivity index (χ1v) is 3.12. The molecule has 0 bridgehead atoms. The topological polar surface area (TPSA) is 89.8 Å². The summed E-state index contributed by atoms with van der Waals surface area (Å²) in [7, 11) is 0. The lowest BCUT2D eigenvalue weighted by Crippen LogP contribution is -2.06. The molecule has 1 aromatic rings. The van der Waals surface area contributed by atoms with E-state index in [0.717, 1.165) is 0 Å². The van der Waals surface area contributed by atoms with Crippen molar-refractivity contribution in [2.24, 2.45) is 0 Å². The predicted molar refractivity (Wildman–Crippen MR) is 41.4 cm³/mol. The van der Waals surface area contributed by atoms with Gasteiger partial charge in [-0.3, -0.25) is 5.32 Å². The molecule has 0 aliphatic carbocycles. The highest BCUT2D eigenvalue weighted by Gasteiger charge is 2.06. The molecule has 4 N–H and O–H groups in total. The maximum absolute atomic E-state index is 10.1. The Kier molecular flexibility index (Phi) is 2.05. The number of aromatic hydroxyl groups is 2. The van der Waals surface area contributed by atoms with Crippen LogP contribution in [0.25, 0.3) is 0 Å². The number of phenols is 2. The Morgan fingerprint density at radius 3 is 2.58 bits per heavy atom. The first-order chi connectivity index (χ1) is 5.61. The van der Waals surface area contributed by atoms with Gasteiger partial charge in [0.05, 0.1) is 5.69 Å². The molecule has 0 aromatic heterocycles. The third-order valence-electron chi connectivity index (χ3n) is 1.26. The average Bonchev–Trinajstić information content (AvgIpc) is 1.98. The lowest BCUT2D eigenvalue weighted by atomic mass is 10.3. The Balaban J connectivity index is 3.00. The van der Waals surface area contributed by atoms with E-state index in [9.17, 15) is 4.79 Å². The molecule has 1 rings (SSSR count). The van der Waals surface area contributed by atoms with Gasteiger partial charge in [-0.15, -0.1) is 0 Å². The van der Waals surface area contributed by atoms with Crippen LogP contribution in [0, 0.1) is 0 Å². The third-order valence-corrected chi connectivity index (χ3v) is 1.26. The fourth-order valence-corrected chi connectivity index (χ4v) is 0.747. The second-order valence-corrected chi connectivity index (χ2v) is 2.10. The minimum absolute atomic E-state index is 0.0394. The molecule has 0 fully saturated rings. The Morgan fingerprint density at radius 2 is 2.00 bits per heavy atom. The molecule has 1 aromatic carbocycles. The Labute approximate surface area is 67.9 Å². The van der Waals surface area contributed by atoms with Gasteiger partial charge in [-0.1, -0.05) is 6.07 Å². The van der Waals surface area contributed by atoms with Crippen LogP contribution in [0.2, 0.25) is 0 Å². The number of carbonyl (C=O) groups is 1. The molecule has 0 aliphatic rings. The van der Waals surface area contributed by atoms with E-state index in [2.05, 4.69) is 0 Å². The summed E-state index contributed by atoms with van der Waals surface area (Å²) in [5.74, 6) is -0.832. The molecule has 1 amide bonds. The van der Waals surface area contributed by atoms with Crippen molar-refractivity contribution in [3.63, 3.8) is 0 Å². The van der Waals surface area contributed by atoms with Crippen LogP contribution in [0.5, 0.6) is 11.5 Å². The van der Waals surface area contributed by atoms with Crippen LogP contribution < -0.4 is 5.32 Å². The second-order valence-electron chi connectivity index (χ2n) is 2.10. The second kappa shape index (κ2) is 3.00. The van der Waals surface area contributed by atoms with Gasteiger partial charge in [-0.05, 0) is 12.1 Å². The monoisotopic (exact) mass is 169 g/mol. The highest BCUT2D eigenvalue weighted by Crippen LogP contribution is 2.32. The van der Waals surface area contributed by atoms with Gasteiger partial charge in [0.2, 0.25) is 0 Å². The van der Waals surface area contributed by atoms with Gasteiger partial charge in [-0.2, -0.15) is 0 Å². The van der Waals surface area contributed by atoms with Crippen molar-refractivity contribution in [1.29, 1.82) is 0 Å². The number of nitrogens with one attached hydrogen (secondary N) is 1. The highest BCUT2D eigenvalue weighted by molar-refractivity contribution is 5.85. The molecule has 0 radical (unpaired) electrons. The molecular formula is C7H7NO4. The van der Waals surface area contributed by atoms with Crippen molar-refractivity contribution in [2.45, 2.75) is 0 Å². The minimum Gasteiger partial charge on any atom is -0.504 e. The standard InChI is InChI=1S/C7H7NO4/c9-5-3-1-2-4(6(5)10)8-7(11)12/h1-3,8-10H,(H,11,12). The number of rotatable bonds is 1. The Morgan fingerprint density at radius 1 is 1.33 bits per heavy atom. The molecule has 0 heterocycles. The number of para-hydroxylation sites is 1. The quantitative estimate of drug-likeness (QED) is 0.475. The van der Waals surface area contributed by atoms with Crippen molar-refractivity contribution in [1.82, 2.24) is 0 Å². The van der Waals surface area contributed by atoms with Gasteiger partial charge >= 0.3 is 6.09 Å². The molecule has 5 heteroatoms. The minimum atomic E-state index is -1.30. The van der Waals surface area contributed by atoms with E-state index in [0.29, 0.717) is 0 Å². The molecule has 0 unspecified atom stereocenters. The summed E-state index contributed by atoms with van der Waals surface area (Å²) in [6, 6.07) is 4.01. The van der Waals surface area contributed by atoms with E-state index in [1.807, 2.05) is 5.32 Å². The van der Waals surface area contributed by atoms with Gasteiger partial charge in [0, 0.05) is 0 Å². The predicted octanol–water partition coefficient (Wildman–Crippen LogP) is 1.19. The van der Waals surface area contributed by atoms with E-state index in [4.69, 9.17) is 15.3 Å². The van der Waals surface area contributed by atoms with Crippen LogP contribution in [-0.2, 0) is 0 Å². The van der Waals surface area contributed by atoms with Crippen LogP contribution in [0.1, 0.15) is 0 Å². The van der Waals surface area contributed by atoms with Gasteiger partial charge in [0.25, 0.3) is 0 Å². The lowest BCUT2D eigenvalue weighted by molar-refractivity contribution is 0.209. The van der Waals surface area contributed by atoms with E-state index in [-0.39, 0.29) is 11.4 Å². The summed E-state index contributed by atoms with van der Waals surface area (Å²) < 4.78 is 0. The lowest BCUT2D eigenvalue weighted by Gasteiger charge is -2.03. The van der Waals surface area contributed by atoms with Crippen LogP contribution >= 0.6 is 0 Å². The largest absolute Gasteiger partial charge is 0.504 e. The first-order valence-electron chi connectivity index (χ1n) is 3.12. The van der Waals surface area contributed by atoms with Gasteiger partial charge in [0.1, 0.15) is 0 Å². The summed E-state index contributed by atoms with van der Waals surface area (Å²) >= 11 is 0. The number of phenolic OH excluding ortho intramolecular Hbond substituents is 2. The van der Waals surface area contributed by atoms with E-state index in [1.54, 1.807) is 0 Å². The molecule has 12 heavy (non-hydrogen) atoms. The zero-order chi connectivity index (χ0) is 9.14. The Hall–Kier alpha value is -1.91. The van der Waals surface area contributed by atoms with E-state index >= 15 is 0 Å². The molecule has 0 saturated heterocycles. The molecular weight excluding hydrogens is 162 g/mol. The normalized spacial score (nSPS) is 9.33. The maximum atomic E-state index is 10.1. The van der Waals surface area contributed by atoms with Crippen LogP contribution in [-0.4, -0.2) is 21.4 Å². The SMILES string of the molecule is O=C(O)Nc1cccc(O)c1O. The summed E-state index contributed by atoms with van der Waals surface area (Å²) in [5.41, 5.74) is -0.0394. The molecule has 5 nitrogen and oxygen atoms in total. The van der Waals surface area contributed by atoms with Crippen molar-refractivity contribution < 1.29 is 20.1 Å². The number of benzene rings is 1. The summed E-state index contributed by atoms with van der Waals surface area (Å²) in [5, 5.41) is 28.2. The number of amides is 1. The molecule has 0 atom stereocenters. The van der Waals surface area contributed by atoms with Gasteiger partial charge in [0.15, 0.2) is 11.5 Å². The summed E-state index contributed by atoms with van der Waals surface area (Å²) in [6.45, 7) is 0. The van der Waals surface area contributed by atoms with Crippen molar-refractivity contribution in [3.05, 3.63) is 18.2 Å². The van der Waals surface area contributed by atoms with Gasteiger partial charge in [-0.25, -0.2) is 4.79 Å². The van der Waals surface area contributed by atoms with Crippen LogP contribution in [0.4, 0.5) is 10.5 Å². The highest BCUT2D eigenvalue weighted by atomic mass is 16.4. The average molecular weight is 169 g/mol. The number of anilines is 1. The molecule has 64 valence electrons. The zero-order valence-corrected chi connectivity index (χ0v) is 5.98. The number of carboxylic acid groups (broad SMARTS) is 1.